The Morgan fingerprint density at radius 3 is 2.54 bits per heavy atom. The van der Waals surface area contributed by atoms with Gasteiger partial charge in [-0.15, -0.1) is 11.8 Å². The van der Waals surface area contributed by atoms with Crippen LogP contribution in [0, 0.1) is 0 Å². The first-order chi connectivity index (χ1) is 13.4. The predicted molar refractivity (Wildman–Crippen MR) is 104 cm³/mol. The quantitative estimate of drug-likeness (QED) is 0.503. The molecule has 152 valence electrons. The molecule has 0 saturated heterocycles. The Morgan fingerprint density at radius 2 is 1.93 bits per heavy atom. The van der Waals surface area contributed by atoms with Crippen LogP contribution in [0.25, 0.3) is 0 Å². The van der Waals surface area contributed by atoms with Crippen LogP contribution in [-0.4, -0.2) is 50.6 Å². The molecule has 0 saturated carbocycles. The molecular formula is C19H24N2O6S. The van der Waals surface area contributed by atoms with Crippen molar-refractivity contribution < 1.29 is 28.6 Å². The largest absolute Gasteiger partial charge is 0.496 e. The molecule has 0 bridgehead atoms. The molecule has 0 aromatic heterocycles. The second-order valence-electron chi connectivity index (χ2n) is 5.81. The summed E-state index contributed by atoms with van der Waals surface area (Å²) in [6, 6.07) is 4.16. The van der Waals surface area contributed by atoms with E-state index in [4.69, 9.17) is 14.2 Å². The SMILES string of the molecule is CCOC(=O)C1=C(COC(=O)c2ccc(SC)cc2OC)NC(=O)N[C@H]1CC. The van der Waals surface area contributed by atoms with Crippen molar-refractivity contribution in [2.75, 3.05) is 26.6 Å². The Kier molecular flexibility index (Phi) is 7.74. The number of benzene rings is 1. The average Bonchev–Trinajstić information content (AvgIpc) is 2.70. The number of carbonyl (C=O) groups excluding carboxylic acids is 3. The molecule has 2 amide bonds. The Bertz CT molecular complexity index is 793. The molecule has 0 spiro atoms. The molecule has 1 aromatic rings. The molecule has 1 aliphatic rings. The van der Waals surface area contributed by atoms with Crippen molar-refractivity contribution >= 4 is 29.7 Å². The van der Waals surface area contributed by atoms with Gasteiger partial charge in [0, 0.05) is 4.90 Å². The van der Waals surface area contributed by atoms with E-state index in [1.165, 1.54) is 18.9 Å². The van der Waals surface area contributed by atoms with Crippen LogP contribution < -0.4 is 15.4 Å². The van der Waals surface area contributed by atoms with Crippen LogP contribution in [0.4, 0.5) is 4.79 Å². The van der Waals surface area contributed by atoms with E-state index in [0.717, 1.165) is 4.90 Å². The summed E-state index contributed by atoms with van der Waals surface area (Å²) in [5.74, 6) is -0.798. The molecule has 1 aliphatic heterocycles. The molecule has 0 unspecified atom stereocenters. The van der Waals surface area contributed by atoms with Gasteiger partial charge in [0.1, 0.15) is 17.9 Å². The Labute approximate surface area is 168 Å². The van der Waals surface area contributed by atoms with Gasteiger partial charge in [0.15, 0.2) is 0 Å². The maximum absolute atomic E-state index is 12.5. The van der Waals surface area contributed by atoms with Gasteiger partial charge in [-0.05, 0) is 37.8 Å². The van der Waals surface area contributed by atoms with E-state index in [1.54, 1.807) is 25.1 Å². The van der Waals surface area contributed by atoms with Crippen LogP contribution in [0.1, 0.15) is 30.6 Å². The Hall–Kier alpha value is -2.68. The smallest absolute Gasteiger partial charge is 0.342 e. The Morgan fingerprint density at radius 1 is 1.18 bits per heavy atom. The van der Waals surface area contributed by atoms with E-state index in [2.05, 4.69) is 10.6 Å². The summed E-state index contributed by atoms with van der Waals surface area (Å²) in [5.41, 5.74) is 0.717. The highest BCUT2D eigenvalue weighted by atomic mass is 32.2. The highest BCUT2D eigenvalue weighted by molar-refractivity contribution is 7.98. The first kappa shape index (κ1) is 21.6. The maximum Gasteiger partial charge on any atom is 0.342 e. The molecule has 0 fully saturated rings. The molecule has 2 N–H and O–H groups in total. The number of hydrogen-bond acceptors (Lipinski definition) is 7. The predicted octanol–water partition coefficient (Wildman–Crippen LogP) is 2.48. The summed E-state index contributed by atoms with van der Waals surface area (Å²) in [4.78, 5) is 37.7. The van der Waals surface area contributed by atoms with Crippen LogP contribution in [0.3, 0.4) is 0 Å². The summed E-state index contributed by atoms with van der Waals surface area (Å²) in [7, 11) is 1.47. The lowest BCUT2D eigenvalue weighted by Gasteiger charge is -2.28. The molecule has 1 atom stereocenters. The van der Waals surface area contributed by atoms with Crippen LogP contribution in [0.2, 0.25) is 0 Å². The van der Waals surface area contributed by atoms with Crippen LogP contribution in [0.5, 0.6) is 5.75 Å². The summed E-state index contributed by atoms with van der Waals surface area (Å²) in [6.45, 7) is 3.44. The summed E-state index contributed by atoms with van der Waals surface area (Å²) in [5, 5.41) is 5.20. The minimum atomic E-state index is -0.624. The van der Waals surface area contributed by atoms with Gasteiger partial charge >= 0.3 is 18.0 Å². The summed E-state index contributed by atoms with van der Waals surface area (Å²) in [6.07, 6.45) is 2.41. The number of nitrogens with one attached hydrogen (secondary N) is 2. The average molecular weight is 408 g/mol. The van der Waals surface area contributed by atoms with Gasteiger partial charge in [-0.2, -0.15) is 0 Å². The highest BCUT2D eigenvalue weighted by Crippen LogP contribution is 2.26. The van der Waals surface area contributed by atoms with E-state index in [9.17, 15) is 14.4 Å². The van der Waals surface area contributed by atoms with Crippen LogP contribution >= 0.6 is 11.8 Å². The zero-order valence-corrected chi connectivity index (χ0v) is 17.1. The van der Waals surface area contributed by atoms with Crippen molar-refractivity contribution in [2.24, 2.45) is 0 Å². The summed E-state index contributed by atoms with van der Waals surface area (Å²) >= 11 is 1.52. The molecule has 0 radical (unpaired) electrons. The number of carbonyl (C=O) groups is 3. The number of amides is 2. The van der Waals surface area contributed by atoms with Crippen molar-refractivity contribution in [1.82, 2.24) is 10.6 Å². The highest BCUT2D eigenvalue weighted by Gasteiger charge is 2.32. The van der Waals surface area contributed by atoms with E-state index in [0.29, 0.717) is 12.2 Å². The zero-order chi connectivity index (χ0) is 20.7. The third kappa shape index (κ3) is 4.98. The second-order valence-corrected chi connectivity index (χ2v) is 6.69. The van der Waals surface area contributed by atoms with Crippen molar-refractivity contribution in [2.45, 2.75) is 31.2 Å². The first-order valence-corrected chi connectivity index (χ1v) is 10.0. The molecule has 1 aromatic carbocycles. The number of rotatable bonds is 8. The van der Waals surface area contributed by atoms with E-state index in [-0.39, 0.29) is 30.0 Å². The monoisotopic (exact) mass is 408 g/mol. The van der Waals surface area contributed by atoms with Gasteiger partial charge in [-0.1, -0.05) is 6.92 Å². The fourth-order valence-corrected chi connectivity index (χ4v) is 3.19. The molecule has 1 heterocycles. The number of urea groups is 1. The zero-order valence-electron chi connectivity index (χ0n) is 16.3. The number of ether oxygens (including phenoxy) is 3. The molecule has 28 heavy (non-hydrogen) atoms. The number of thioether (sulfide) groups is 1. The number of methoxy groups -OCH3 is 1. The maximum atomic E-state index is 12.5. The van der Waals surface area contributed by atoms with Gasteiger partial charge in [0.05, 0.1) is 31.0 Å². The normalized spacial score (nSPS) is 16.1. The standard InChI is InChI=1S/C19H24N2O6S/c1-5-13-16(18(23)26-6-2)14(21-19(24)20-13)10-27-17(22)12-8-7-11(28-4)9-15(12)25-3/h7-9,13H,5-6,10H2,1-4H3,(H2,20,21,24)/t13-/m0/s1. The van der Waals surface area contributed by atoms with Crippen LogP contribution in [0.15, 0.2) is 34.4 Å². The van der Waals surface area contributed by atoms with Gasteiger partial charge < -0.3 is 24.8 Å². The van der Waals surface area contributed by atoms with E-state index < -0.39 is 24.0 Å². The van der Waals surface area contributed by atoms with Gasteiger partial charge in [0.2, 0.25) is 0 Å². The van der Waals surface area contributed by atoms with Crippen molar-refractivity contribution in [3.05, 3.63) is 35.0 Å². The second kappa shape index (κ2) is 10.0. The molecular weight excluding hydrogens is 384 g/mol. The summed E-state index contributed by atoms with van der Waals surface area (Å²) < 4.78 is 15.7. The van der Waals surface area contributed by atoms with Crippen molar-refractivity contribution in [3.63, 3.8) is 0 Å². The third-order valence-electron chi connectivity index (χ3n) is 4.12. The minimum absolute atomic E-state index is 0.193. The lowest BCUT2D eigenvalue weighted by molar-refractivity contribution is -0.139. The van der Waals surface area contributed by atoms with Gasteiger partial charge in [0.25, 0.3) is 0 Å². The first-order valence-electron chi connectivity index (χ1n) is 8.81. The number of hydrogen-bond donors (Lipinski definition) is 2. The Balaban J connectivity index is 2.25. The van der Waals surface area contributed by atoms with Crippen molar-refractivity contribution in [1.29, 1.82) is 0 Å². The third-order valence-corrected chi connectivity index (χ3v) is 4.85. The van der Waals surface area contributed by atoms with Crippen molar-refractivity contribution in [3.8, 4) is 5.75 Å². The van der Waals surface area contributed by atoms with E-state index >= 15 is 0 Å². The van der Waals surface area contributed by atoms with Gasteiger partial charge in [-0.25, -0.2) is 14.4 Å². The molecule has 0 aliphatic carbocycles. The van der Waals surface area contributed by atoms with Crippen LogP contribution in [-0.2, 0) is 14.3 Å². The van der Waals surface area contributed by atoms with Gasteiger partial charge in [-0.3, -0.25) is 0 Å². The fraction of sp³-hybridized carbons (Fsp3) is 0.421. The lowest BCUT2D eigenvalue weighted by Crippen LogP contribution is -2.51. The van der Waals surface area contributed by atoms with E-state index in [1.807, 2.05) is 13.2 Å². The fourth-order valence-electron chi connectivity index (χ4n) is 2.76. The molecule has 2 rings (SSSR count). The minimum Gasteiger partial charge on any atom is -0.496 e. The molecule has 8 nitrogen and oxygen atoms in total. The number of esters is 2. The molecule has 9 heteroatoms. The topological polar surface area (TPSA) is 103 Å². The lowest BCUT2D eigenvalue weighted by atomic mass is 10.0.